The molecule has 0 saturated carbocycles. The summed E-state index contributed by atoms with van der Waals surface area (Å²) in [4.78, 5) is 19.5. The van der Waals surface area contributed by atoms with Gasteiger partial charge in [-0.1, -0.05) is 30.3 Å². The Morgan fingerprint density at radius 1 is 1.12 bits per heavy atom. The van der Waals surface area contributed by atoms with Crippen LogP contribution in [0, 0.1) is 0 Å². The Balaban J connectivity index is 1.38. The summed E-state index contributed by atoms with van der Waals surface area (Å²) in [5.74, 6) is 0.193. The third-order valence-electron chi connectivity index (χ3n) is 5.52. The fraction of sp³-hybridized carbons (Fsp3) is 0.650. The number of likely N-dealkylation sites (N-methyl/N-ethyl adjacent to an activating group) is 1. The lowest BCUT2D eigenvalue weighted by Crippen LogP contribution is -2.54. The molecule has 2 fully saturated rings. The minimum Gasteiger partial charge on any atom is -0.352 e. The molecule has 0 spiro atoms. The first-order valence-corrected chi connectivity index (χ1v) is 9.58. The molecular weight excluding hydrogens is 312 g/mol. The maximum absolute atomic E-state index is 12.4. The SMILES string of the molecule is CC1CN(C)CCN1CC(=O)NC1CCN(Cc2ccccc2)CC1. The molecular formula is C20H32N4O. The molecule has 0 radical (unpaired) electrons. The van der Waals surface area contributed by atoms with Crippen LogP contribution in [0.25, 0.3) is 0 Å². The normalized spacial score (nSPS) is 24.3. The van der Waals surface area contributed by atoms with Gasteiger partial charge in [-0.05, 0) is 32.4 Å². The topological polar surface area (TPSA) is 38.8 Å². The summed E-state index contributed by atoms with van der Waals surface area (Å²) < 4.78 is 0. The van der Waals surface area contributed by atoms with Gasteiger partial charge in [-0.2, -0.15) is 0 Å². The first-order valence-electron chi connectivity index (χ1n) is 9.58. The van der Waals surface area contributed by atoms with Gasteiger partial charge in [-0.25, -0.2) is 0 Å². The average molecular weight is 345 g/mol. The quantitative estimate of drug-likeness (QED) is 0.876. The molecule has 5 nitrogen and oxygen atoms in total. The second-order valence-electron chi connectivity index (χ2n) is 7.69. The Bertz CT molecular complexity index is 542. The molecule has 138 valence electrons. The zero-order valence-electron chi connectivity index (χ0n) is 15.7. The number of carbonyl (C=O) groups excluding carboxylic acids is 1. The molecule has 2 aliphatic heterocycles. The Labute approximate surface area is 152 Å². The van der Waals surface area contributed by atoms with Gasteiger partial charge in [0.05, 0.1) is 6.54 Å². The molecule has 1 amide bonds. The van der Waals surface area contributed by atoms with Crippen LogP contribution in [0.5, 0.6) is 0 Å². The smallest absolute Gasteiger partial charge is 0.234 e. The van der Waals surface area contributed by atoms with Gasteiger partial charge in [-0.3, -0.25) is 14.6 Å². The molecule has 2 saturated heterocycles. The molecule has 1 aromatic rings. The number of nitrogens with zero attached hydrogens (tertiary/aromatic N) is 3. The second kappa shape index (κ2) is 8.79. The summed E-state index contributed by atoms with van der Waals surface area (Å²) in [6.45, 7) is 8.97. The van der Waals surface area contributed by atoms with Crippen LogP contribution < -0.4 is 5.32 Å². The van der Waals surface area contributed by atoms with E-state index in [1.807, 2.05) is 0 Å². The van der Waals surface area contributed by atoms with Crippen LogP contribution in [0.3, 0.4) is 0 Å². The Morgan fingerprint density at radius 2 is 1.84 bits per heavy atom. The van der Waals surface area contributed by atoms with E-state index in [2.05, 4.69) is 64.3 Å². The molecule has 2 aliphatic rings. The van der Waals surface area contributed by atoms with E-state index in [0.29, 0.717) is 18.6 Å². The van der Waals surface area contributed by atoms with Crippen molar-refractivity contribution in [3.63, 3.8) is 0 Å². The highest BCUT2D eigenvalue weighted by Crippen LogP contribution is 2.14. The number of likely N-dealkylation sites (tertiary alicyclic amines) is 1. The van der Waals surface area contributed by atoms with Gasteiger partial charge in [0, 0.05) is 51.4 Å². The molecule has 3 rings (SSSR count). The first-order chi connectivity index (χ1) is 12.1. The van der Waals surface area contributed by atoms with Gasteiger partial charge in [0.25, 0.3) is 0 Å². The van der Waals surface area contributed by atoms with Gasteiger partial charge in [0.2, 0.25) is 5.91 Å². The Kier molecular flexibility index (Phi) is 6.45. The van der Waals surface area contributed by atoms with Gasteiger partial charge in [0.1, 0.15) is 0 Å². The van der Waals surface area contributed by atoms with Crippen molar-refractivity contribution in [3.05, 3.63) is 35.9 Å². The number of carbonyl (C=O) groups is 1. The number of hydrogen-bond acceptors (Lipinski definition) is 4. The molecule has 0 aromatic heterocycles. The Morgan fingerprint density at radius 3 is 2.52 bits per heavy atom. The maximum atomic E-state index is 12.4. The third-order valence-corrected chi connectivity index (χ3v) is 5.52. The lowest BCUT2D eigenvalue weighted by atomic mass is 10.0. The standard InChI is InChI=1S/C20H32N4O/c1-17-14-22(2)12-13-24(17)16-20(25)21-19-8-10-23(11-9-19)15-18-6-4-3-5-7-18/h3-7,17,19H,8-16H2,1-2H3,(H,21,25). The molecule has 1 aromatic carbocycles. The van der Waals surface area contributed by atoms with E-state index in [0.717, 1.165) is 52.1 Å². The molecule has 0 bridgehead atoms. The largest absolute Gasteiger partial charge is 0.352 e. The van der Waals surface area contributed by atoms with Crippen molar-refractivity contribution in [1.82, 2.24) is 20.0 Å². The van der Waals surface area contributed by atoms with Gasteiger partial charge in [-0.15, -0.1) is 0 Å². The highest BCUT2D eigenvalue weighted by molar-refractivity contribution is 5.78. The van der Waals surface area contributed by atoms with Crippen LogP contribution >= 0.6 is 0 Å². The lowest BCUT2D eigenvalue weighted by molar-refractivity contribution is -0.124. The molecule has 1 N–H and O–H groups in total. The van der Waals surface area contributed by atoms with Crippen molar-refractivity contribution >= 4 is 5.91 Å². The Hall–Kier alpha value is -1.43. The molecule has 25 heavy (non-hydrogen) atoms. The fourth-order valence-corrected chi connectivity index (χ4v) is 3.95. The van der Waals surface area contributed by atoms with Crippen molar-refractivity contribution in [2.75, 3.05) is 46.3 Å². The van der Waals surface area contributed by atoms with E-state index in [9.17, 15) is 4.79 Å². The summed E-state index contributed by atoms with van der Waals surface area (Å²) >= 11 is 0. The van der Waals surface area contributed by atoms with Crippen molar-refractivity contribution in [2.24, 2.45) is 0 Å². The van der Waals surface area contributed by atoms with Crippen molar-refractivity contribution in [1.29, 1.82) is 0 Å². The summed E-state index contributed by atoms with van der Waals surface area (Å²) in [5, 5.41) is 3.26. The predicted molar refractivity (Wildman–Crippen MR) is 101 cm³/mol. The van der Waals surface area contributed by atoms with E-state index in [1.165, 1.54) is 5.56 Å². The number of benzene rings is 1. The number of amides is 1. The van der Waals surface area contributed by atoms with E-state index < -0.39 is 0 Å². The second-order valence-corrected chi connectivity index (χ2v) is 7.69. The van der Waals surface area contributed by atoms with Crippen LogP contribution in [0.15, 0.2) is 30.3 Å². The zero-order valence-corrected chi connectivity index (χ0v) is 15.7. The number of piperazine rings is 1. The average Bonchev–Trinajstić information content (AvgIpc) is 2.60. The minimum absolute atomic E-state index is 0.193. The maximum Gasteiger partial charge on any atom is 0.234 e. The van der Waals surface area contributed by atoms with Gasteiger partial charge < -0.3 is 10.2 Å². The monoisotopic (exact) mass is 344 g/mol. The summed E-state index contributed by atoms with van der Waals surface area (Å²) in [5.41, 5.74) is 1.37. The molecule has 2 heterocycles. The number of nitrogens with one attached hydrogen (secondary N) is 1. The first kappa shape index (κ1) is 18.4. The molecule has 5 heteroatoms. The number of rotatable bonds is 5. The van der Waals surface area contributed by atoms with Crippen molar-refractivity contribution in [2.45, 2.75) is 38.4 Å². The van der Waals surface area contributed by atoms with E-state index in [-0.39, 0.29) is 5.91 Å². The van der Waals surface area contributed by atoms with Gasteiger partial charge in [0.15, 0.2) is 0 Å². The van der Waals surface area contributed by atoms with E-state index >= 15 is 0 Å². The van der Waals surface area contributed by atoms with Crippen molar-refractivity contribution in [3.8, 4) is 0 Å². The summed E-state index contributed by atoms with van der Waals surface area (Å²) in [6, 6.07) is 11.4. The van der Waals surface area contributed by atoms with Crippen LogP contribution in [0.4, 0.5) is 0 Å². The highest BCUT2D eigenvalue weighted by atomic mass is 16.2. The zero-order chi connectivity index (χ0) is 17.6. The summed E-state index contributed by atoms with van der Waals surface area (Å²) in [7, 11) is 2.15. The lowest BCUT2D eigenvalue weighted by Gasteiger charge is -2.38. The molecule has 1 atom stereocenters. The van der Waals surface area contributed by atoms with Crippen LogP contribution in [0.2, 0.25) is 0 Å². The molecule has 1 unspecified atom stereocenters. The van der Waals surface area contributed by atoms with Crippen LogP contribution in [0.1, 0.15) is 25.3 Å². The van der Waals surface area contributed by atoms with Crippen molar-refractivity contribution < 1.29 is 4.79 Å². The third kappa shape index (κ3) is 5.53. The predicted octanol–water partition coefficient (Wildman–Crippen LogP) is 1.40. The highest BCUT2D eigenvalue weighted by Gasteiger charge is 2.25. The number of hydrogen-bond donors (Lipinski definition) is 1. The fourth-order valence-electron chi connectivity index (χ4n) is 3.95. The number of piperidine rings is 1. The minimum atomic E-state index is 0.193. The van der Waals surface area contributed by atoms with E-state index in [1.54, 1.807) is 0 Å². The molecule has 0 aliphatic carbocycles. The van der Waals surface area contributed by atoms with E-state index in [4.69, 9.17) is 0 Å². The van der Waals surface area contributed by atoms with Crippen LogP contribution in [-0.2, 0) is 11.3 Å². The van der Waals surface area contributed by atoms with Gasteiger partial charge >= 0.3 is 0 Å². The summed E-state index contributed by atoms with van der Waals surface area (Å²) in [6.07, 6.45) is 2.10. The van der Waals surface area contributed by atoms with Crippen LogP contribution in [-0.4, -0.2) is 79.0 Å².